The summed E-state index contributed by atoms with van der Waals surface area (Å²) in [5.74, 6) is -0.130. The number of pyridine rings is 1. The zero-order valence-corrected chi connectivity index (χ0v) is 21.5. The Morgan fingerprint density at radius 3 is 1.82 bits per heavy atom. The fourth-order valence-electron chi connectivity index (χ4n) is 3.32. The van der Waals surface area contributed by atoms with E-state index in [2.05, 4.69) is 50.5 Å². The summed E-state index contributed by atoms with van der Waals surface area (Å²) >= 11 is 6.82. The van der Waals surface area contributed by atoms with Gasteiger partial charge in [-0.2, -0.15) is 0 Å². The molecule has 3 aromatic carbocycles. The van der Waals surface area contributed by atoms with Crippen molar-refractivity contribution in [3.63, 3.8) is 0 Å². The first kappa shape index (κ1) is 23.6. The molecule has 3 nitrogen and oxygen atoms in total. The molecule has 1 amide bonds. The summed E-state index contributed by atoms with van der Waals surface area (Å²) in [5.41, 5.74) is 0.837. The zero-order valence-electron chi connectivity index (χ0n) is 18.3. The maximum Gasteiger partial charge on any atom is 0.254 e. The van der Waals surface area contributed by atoms with E-state index in [1.165, 1.54) is 0 Å². The summed E-state index contributed by atoms with van der Waals surface area (Å²) in [6, 6.07) is 30.0. The van der Waals surface area contributed by atoms with Crippen LogP contribution in [0.25, 0.3) is 0 Å². The molecule has 4 rings (SSSR count). The number of amides is 1. The van der Waals surface area contributed by atoms with Gasteiger partial charge in [-0.25, -0.2) is 0 Å². The smallest absolute Gasteiger partial charge is 0.254 e. The van der Waals surface area contributed by atoms with Crippen molar-refractivity contribution >= 4 is 45.4 Å². The molecule has 0 aliphatic heterocycles. The van der Waals surface area contributed by atoms with Gasteiger partial charge in [-0.1, -0.05) is 81.9 Å². The Morgan fingerprint density at radius 1 is 0.818 bits per heavy atom. The number of benzene rings is 3. The molecule has 4 aromatic rings. The monoisotopic (exact) mass is 534 g/mol. The first-order chi connectivity index (χ1) is 15.9. The lowest BCUT2D eigenvalue weighted by atomic mass is 9.99. The van der Waals surface area contributed by atoms with E-state index in [-0.39, 0.29) is 5.91 Å². The quantitative estimate of drug-likeness (QED) is 0.262. The molecule has 0 aliphatic rings. The minimum absolute atomic E-state index is 0.130. The van der Waals surface area contributed by atoms with Crippen molar-refractivity contribution in [2.45, 2.75) is 39.0 Å². The molecular weight excluding hydrogens is 512 g/mol. The predicted molar refractivity (Wildman–Crippen MR) is 140 cm³/mol. The number of halogens is 1. The highest BCUT2D eigenvalue weighted by Gasteiger charge is 2.28. The van der Waals surface area contributed by atoms with E-state index in [4.69, 9.17) is 0 Å². The second-order valence-electron chi connectivity index (χ2n) is 7.90. The topological polar surface area (TPSA) is 42.0 Å². The third-order valence-corrected chi connectivity index (χ3v) is 7.49. The minimum Gasteiger partial charge on any atom is -0.341 e. The Kier molecular flexibility index (Phi) is 7.58. The molecule has 6 heteroatoms. The Balaban J connectivity index is 1.76. The lowest BCUT2D eigenvalue weighted by Gasteiger charge is -2.27. The van der Waals surface area contributed by atoms with Crippen LogP contribution in [-0.4, -0.2) is 10.9 Å². The van der Waals surface area contributed by atoms with Crippen LogP contribution in [0.1, 0.15) is 29.9 Å². The fraction of sp³-hybridized carbons (Fsp3) is 0.111. The Labute approximate surface area is 211 Å². The molecule has 33 heavy (non-hydrogen) atoms. The predicted octanol–water partition coefficient (Wildman–Crippen LogP) is 7.81. The van der Waals surface area contributed by atoms with Crippen LogP contribution in [0.3, 0.4) is 0 Å². The second-order valence-corrected chi connectivity index (χ2v) is 11.0. The van der Waals surface area contributed by atoms with Crippen LogP contribution < -0.4 is 5.32 Å². The van der Waals surface area contributed by atoms with E-state index in [1.54, 1.807) is 29.7 Å². The number of carbonyl (C=O) groups excluding carboxylic acids is 1. The van der Waals surface area contributed by atoms with Crippen molar-refractivity contribution in [1.82, 2.24) is 10.3 Å². The minimum atomic E-state index is -0.630. The van der Waals surface area contributed by atoms with Crippen molar-refractivity contribution in [2.24, 2.45) is 0 Å². The van der Waals surface area contributed by atoms with Gasteiger partial charge >= 0.3 is 0 Å². The van der Waals surface area contributed by atoms with E-state index in [0.717, 1.165) is 29.7 Å². The van der Waals surface area contributed by atoms with Crippen LogP contribution in [0.5, 0.6) is 0 Å². The van der Waals surface area contributed by atoms with Crippen LogP contribution in [0.15, 0.2) is 121 Å². The van der Waals surface area contributed by atoms with Crippen molar-refractivity contribution in [1.29, 1.82) is 0 Å². The second kappa shape index (κ2) is 10.6. The number of rotatable bonds is 7. The molecule has 0 aliphatic carbocycles. The number of hydrogen-bond acceptors (Lipinski definition) is 4. The number of carbonyl (C=O) groups is 1. The average Bonchev–Trinajstić information content (AvgIpc) is 2.80. The third-order valence-electron chi connectivity index (χ3n) is 4.93. The molecule has 1 aromatic heterocycles. The maximum absolute atomic E-state index is 13.8. The van der Waals surface area contributed by atoms with Crippen molar-refractivity contribution in [3.05, 3.63) is 113 Å². The van der Waals surface area contributed by atoms with E-state index in [0.29, 0.717) is 5.56 Å². The summed E-state index contributed by atoms with van der Waals surface area (Å²) in [4.78, 5) is 22.2. The van der Waals surface area contributed by atoms with Gasteiger partial charge in [0.2, 0.25) is 0 Å². The number of nitrogens with one attached hydrogen (secondary N) is 1. The van der Waals surface area contributed by atoms with Gasteiger partial charge in [0.15, 0.2) is 0 Å². The van der Waals surface area contributed by atoms with Crippen LogP contribution in [0.4, 0.5) is 0 Å². The van der Waals surface area contributed by atoms with Crippen molar-refractivity contribution < 1.29 is 4.79 Å². The summed E-state index contributed by atoms with van der Waals surface area (Å²) in [5, 5.41) is 3.22. The van der Waals surface area contributed by atoms with Crippen LogP contribution in [0, 0.1) is 0 Å². The van der Waals surface area contributed by atoms with Gasteiger partial charge in [0.05, 0.1) is 16.8 Å². The maximum atomic E-state index is 13.8. The van der Waals surface area contributed by atoms with Gasteiger partial charge in [0.1, 0.15) is 0 Å². The van der Waals surface area contributed by atoms with E-state index >= 15 is 0 Å². The number of aromatic nitrogens is 1. The summed E-state index contributed by atoms with van der Waals surface area (Å²) in [6.07, 6.45) is 1.75. The van der Waals surface area contributed by atoms with Crippen LogP contribution in [-0.2, 0) is 5.54 Å². The van der Waals surface area contributed by atoms with E-state index in [9.17, 15) is 4.79 Å². The number of nitrogens with zero attached hydrogens (tertiary/aromatic N) is 1. The average molecular weight is 536 g/mol. The molecule has 1 N–H and O–H groups in total. The highest BCUT2D eigenvalue weighted by atomic mass is 79.9. The molecule has 0 saturated carbocycles. The van der Waals surface area contributed by atoms with Gasteiger partial charge < -0.3 is 5.32 Å². The zero-order chi connectivity index (χ0) is 23.3. The van der Waals surface area contributed by atoms with Crippen molar-refractivity contribution in [2.75, 3.05) is 0 Å². The summed E-state index contributed by atoms with van der Waals surface area (Å²) in [7, 11) is 0. The Hall–Kier alpha value is -2.54. The van der Waals surface area contributed by atoms with E-state index in [1.807, 2.05) is 80.6 Å². The lowest BCUT2D eigenvalue weighted by Crippen LogP contribution is -2.42. The first-order valence-electron chi connectivity index (χ1n) is 10.5. The molecule has 166 valence electrons. The normalized spacial score (nSPS) is 11.2. The van der Waals surface area contributed by atoms with Gasteiger partial charge in [-0.3, -0.25) is 9.78 Å². The van der Waals surface area contributed by atoms with Gasteiger partial charge in [0.25, 0.3) is 5.91 Å². The third kappa shape index (κ3) is 6.08. The lowest BCUT2D eigenvalue weighted by molar-refractivity contribution is 0.0904. The molecule has 0 bridgehead atoms. The van der Waals surface area contributed by atoms with Crippen LogP contribution >= 0.6 is 39.5 Å². The standard InChI is InChI=1S/C27H23BrN2OS2/c1-27(2,24-15-9-10-16-29-24)30-26(31)25-22(32-20-11-5-3-6-12-20)17-19(28)18-23(25)33-21-13-7-4-8-14-21/h3-18H,1-2H3,(H,30,31). The van der Waals surface area contributed by atoms with Crippen LogP contribution in [0.2, 0.25) is 0 Å². The summed E-state index contributed by atoms with van der Waals surface area (Å²) in [6.45, 7) is 3.94. The van der Waals surface area contributed by atoms with Gasteiger partial charge in [0, 0.05) is 30.3 Å². The van der Waals surface area contributed by atoms with E-state index < -0.39 is 5.54 Å². The summed E-state index contributed by atoms with van der Waals surface area (Å²) < 4.78 is 0.930. The molecule has 0 atom stereocenters. The molecule has 0 fully saturated rings. The highest BCUT2D eigenvalue weighted by molar-refractivity contribution is 9.10. The van der Waals surface area contributed by atoms with Gasteiger partial charge in [-0.05, 0) is 62.4 Å². The molecule has 0 saturated heterocycles. The Bertz CT molecular complexity index is 1170. The number of hydrogen-bond donors (Lipinski definition) is 1. The highest BCUT2D eigenvalue weighted by Crippen LogP contribution is 2.40. The SMILES string of the molecule is CC(C)(NC(=O)c1c(Sc2ccccc2)cc(Br)cc1Sc1ccccc1)c1ccccn1. The fourth-order valence-corrected chi connectivity index (χ4v) is 6.22. The van der Waals surface area contributed by atoms with Crippen molar-refractivity contribution in [3.8, 4) is 0 Å². The first-order valence-corrected chi connectivity index (χ1v) is 12.9. The molecule has 0 unspecified atom stereocenters. The van der Waals surface area contributed by atoms with Gasteiger partial charge in [-0.15, -0.1) is 0 Å². The largest absolute Gasteiger partial charge is 0.341 e. The molecule has 0 radical (unpaired) electrons. The molecule has 1 heterocycles. The molecular formula is C27H23BrN2OS2. The Morgan fingerprint density at radius 2 is 1.33 bits per heavy atom. The molecule has 0 spiro atoms.